The van der Waals surface area contributed by atoms with E-state index in [-0.39, 0.29) is 5.97 Å². The molecule has 19 heavy (non-hydrogen) atoms. The molecule has 0 aliphatic heterocycles. The van der Waals surface area contributed by atoms with E-state index in [1.54, 1.807) is 6.92 Å². The Kier molecular flexibility index (Phi) is 4.75. The van der Waals surface area contributed by atoms with Gasteiger partial charge in [-0.3, -0.25) is 9.20 Å². The molecule has 1 atom stereocenters. The molecule has 0 radical (unpaired) electrons. The van der Waals surface area contributed by atoms with Crippen LogP contribution in [-0.2, 0) is 9.53 Å². The van der Waals surface area contributed by atoms with Crippen molar-refractivity contribution in [1.29, 1.82) is 0 Å². The van der Waals surface area contributed by atoms with Gasteiger partial charge in [0.05, 0.1) is 6.61 Å². The van der Waals surface area contributed by atoms with Gasteiger partial charge in [0.1, 0.15) is 6.04 Å². The molecule has 2 N–H and O–H groups in total. The Morgan fingerprint density at radius 2 is 2.37 bits per heavy atom. The summed E-state index contributed by atoms with van der Waals surface area (Å²) in [5, 5.41) is 8.94. The highest BCUT2D eigenvalue weighted by molar-refractivity contribution is 7.99. The molecule has 2 rings (SSSR count). The molecule has 2 aromatic rings. The second kappa shape index (κ2) is 6.53. The smallest absolute Gasteiger partial charge is 0.322 e. The second-order valence-electron chi connectivity index (χ2n) is 3.91. The number of ether oxygens (including phenoxy) is 1. The Bertz CT molecular complexity index is 557. The number of fused-ring (bicyclic) bond motifs is 1. The zero-order valence-corrected chi connectivity index (χ0v) is 11.5. The number of hydrogen-bond acceptors (Lipinski definition) is 6. The molecule has 0 bridgehead atoms. The SMILES string of the molecule is CCOC(=O)C(N)CCSc1nnc2ccccn12. The van der Waals surface area contributed by atoms with Gasteiger partial charge in [-0.1, -0.05) is 17.8 Å². The first kappa shape index (κ1) is 13.8. The van der Waals surface area contributed by atoms with Crippen LogP contribution in [0.4, 0.5) is 0 Å². The van der Waals surface area contributed by atoms with Crippen molar-refractivity contribution in [1.82, 2.24) is 14.6 Å². The molecule has 0 saturated heterocycles. The van der Waals surface area contributed by atoms with Crippen LogP contribution < -0.4 is 5.73 Å². The quantitative estimate of drug-likeness (QED) is 0.630. The van der Waals surface area contributed by atoms with Gasteiger partial charge in [-0.05, 0) is 25.5 Å². The number of pyridine rings is 1. The van der Waals surface area contributed by atoms with Crippen LogP contribution in [0.25, 0.3) is 5.65 Å². The number of nitrogens with zero attached hydrogens (tertiary/aromatic N) is 3. The van der Waals surface area contributed by atoms with E-state index in [2.05, 4.69) is 10.2 Å². The van der Waals surface area contributed by atoms with E-state index in [0.717, 1.165) is 10.8 Å². The van der Waals surface area contributed by atoms with Crippen molar-refractivity contribution in [2.75, 3.05) is 12.4 Å². The van der Waals surface area contributed by atoms with Crippen molar-refractivity contribution in [3.05, 3.63) is 24.4 Å². The van der Waals surface area contributed by atoms with Crippen molar-refractivity contribution >= 4 is 23.4 Å². The van der Waals surface area contributed by atoms with Gasteiger partial charge in [-0.25, -0.2) is 0 Å². The summed E-state index contributed by atoms with van der Waals surface area (Å²) in [4.78, 5) is 11.4. The summed E-state index contributed by atoms with van der Waals surface area (Å²) < 4.78 is 6.76. The molecule has 2 heterocycles. The standard InChI is InChI=1S/C12H16N4O2S/c1-2-18-11(17)9(13)6-8-19-12-15-14-10-5-3-4-7-16(10)12/h3-5,7,9H,2,6,8,13H2,1H3. The number of rotatable bonds is 6. The third-order valence-electron chi connectivity index (χ3n) is 2.53. The summed E-state index contributed by atoms with van der Waals surface area (Å²) in [6.07, 6.45) is 2.45. The Labute approximate surface area is 115 Å². The Balaban J connectivity index is 1.87. The van der Waals surface area contributed by atoms with Gasteiger partial charge in [-0.2, -0.15) is 0 Å². The molecule has 0 aliphatic rings. The van der Waals surface area contributed by atoms with Crippen molar-refractivity contribution in [2.24, 2.45) is 5.73 Å². The molecule has 0 amide bonds. The zero-order valence-electron chi connectivity index (χ0n) is 10.7. The summed E-state index contributed by atoms with van der Waals surface area (Å²) in [5.74, 6) is 0.338. The number of thioether (sulfide) groups is 1. The van der Waals surface area contributed by atoms with Crippen molar-refractivity contribution < 1.29 is 9.53 Å². The van der Waals surface area contributed by atoms with E-state index in [0.29, 0.717) is 18.8 Å². The highest BCUT2D eigenvalue weighted by atomic mass is 32.2. The number of aromatic nitrogens is 3. The van der Waals surface area contributed by atoms with Crippen LogP contribution in [0, 0.1) is 0 Å². The maximum Gasteiger partial charge on any atom is 0.322 e. The van der Waals surface area contributed by atoms with Crippen molar-refractivity contribution in [3.63, 3.8) is 0 Å². The number of carbonyl (C=O) groups is 1. The van der Waals surface area contributed by atoms with Gasteiger partial charge in [0.25, 0.3) is 0 Å². The Hall–Kier alpha value is -1.60. The molecular weight excluding hydrogens is 264 g/mol. The van der Waals surface area contributed by atoms with Crippen LogP contribution in [0.15, 0.2) is 29.6 Å². The van der Waals surface area contributed by atoms with Gasteiger partial charge < -0.3 is 10.5 Å². The maximum absolute atomic E-state index is 11.4. The summed E-state index contributed by atoms with van der Waals surface area (Å²) in [5.41, 5.74) is 6.53. The van der Waals surface area contributed by atoms with E-state index in [1.165, 1.54) is 11.8 Å². The minimum atomic E-state index is -0.577. The van der Waals surface area contributed by atoms with Crippen molar-refractivity contribution in [3.8, 4) is 0 Å². The van der Waals surface area contributed by atoms with Crippen LogP contribution in [0.5, 0.6) is 0 Å². The van der Waals surface area contributed by atoms with Gasteiger partial charge in [0.2, 0.25) is 0 Å². The Morgan fingerprint density at radius 3 is 3.16 bits per heavy atom. The van der Waals surface area contributed by atoms with E-state index >= 15 is 0 Å². The number of hydrogen-bond donors (Lipinski definition) is 1. The molecular formula is C12H16N4O2S. The fourth-order valence-corrected chi connectivity index (χ4v) is 2.51. The van der Waals surface area contributed by atoms with Crippen LogP contribution >= 0.6 is 11.8 Å². The largest absolute Gasteiger partial charge is 0.465 e. The van der Waals surface area contributed by atoms with Gasteiger partial charge >= 0.3 is 5.97 Å². The maximum atomic E-state index is 11.4. The minimum Gasteiger partial charge on any atom is -0.465 e. The lowest BCUT2D eigenvalue weighted by Gasteiger charge is -2.09. The van der Waals surface area contributed by atoms with E-state index < -0.39 is 6.04 Å². The lowest BCUT2D eigenvalue weighted by Crippen LogP contribution is -2.32. The molecule has 0 fully saturated rings. The first-order valence-corrected chi connectivity index (χ1v) is 7.05. The van der Waals surface area contributed by atoms with Gasteiger partial charge in [0, 0.05) is 11.9 Å². The normalized spacial score (nSPS) is 12.5. The summed E-state index contributed by atoms with van der Waals surface area (Å²) >= 11 is 1.52. The molecule has 0 aliphatic carbocycles. The van der Waals surface area contributed by atoms with Crippen molar-refractivity contribution in [2.45, 2.75) is 24.5 Å². The second-order valence-corrected chi connectivity index (χ2v) is 4.97. The molecule has 0 spiro atoms. The highest BCUT2D eigenvalue weighted by Crippen LogP contribution is 2.17. The molecule has 7 heteroatoms. The number of esters is 1. The summed E-state index contributed by atoms with van der Waals surface area (Å²) in [6.45, 7) is 2.12. The van der Waals surface area contributed by atoms with E-state index in [4.69, 9.17) is 10.5 Å². The van der Waals surface area contributed by atoms with E-state index in [1.807, 2.05) is 28.8 Å². The predicted octanol–water partition coefficient (Wildman–Crippen LogP) is 1.10. The molecule has 1 unspecified atom stereocenters. The average molecular weight is 280 g/mol. The van der Waals surface area contributed by atoms with Crippen LogP contribution in [0.1, 0.15) is 13.3 Å². The fourth-order valence-electron chi connectivity index (χ4n) is 1.56. The van der Waals surface area contributed by atoms with Crippen LogP contribution in [0.2, 0.25) is 0 Å². The highest BCUT2D eigenvalue weighted by Gasteiger charge is 2.14. The van der Waals surface area contributed by atoms with Gasteiger partial charge in [0.15, 0.2) is 10.8 Å². The fraction of sp³-hybridized carbons (Fsp3) is 0.417. The molecule has 102 valence electrons. The molecule has 0 aromatic carbocycles. The van der Waals surface area contributed by atoms with E-state index in [9.17, 15) is 4.79 Å². The average Bonchev–Trinajstić information content (AvgIpc) is 2.82. The Morgan fingerprint density at radius 1 is 1.53 bits per heavy atom. The number of nitrogens with two attached hydrogens (primary N) is 1. The summed E-state index contributed by atoms with van der Waals surface area (Å²) in [6, 6.07) is 5.15. The zero-order chi connectivity index (χ0) is 13.7. The lowest BCUT2D eigenvalue weighted by molar-refractivity contribution is -0.144. The molecule has 0 saturated carbocycles. The number of carbonyl (C=O) groups excluding carboxylic acids is 1. The molecule has 6 nitrogen and oxygen atoms in total. The lowest BCUT2D eigenvalue weighted by atomic mass is 10.2. The van der Waals surface area contributed by atoms with Crippen LogP contribution in [-0.4, -0.2) is 39.0 Å². The first-order chi connectivity index (χ1) is 9.22. The topological polar surface area (TPSA) is 82.5 Å². The third kappa shape index (κ3) is 3.45. The first-order valence-electron chi connectivity index (χ1n) is 6.07. The van der Waals surface area contributed by atoms with Crippen LogP contribution in [0.3, 0.4) is 0 Å². The minimum absolute atomic E-state index is 0.353. The predicted molar refractivity (Wildman–Crippen MR) is 72.9 cm³/mol. The summed E-state index contributed by atoms with van der Waals surface area (Å²) in [7, 11) is 0. The third-order valence-corrected chi connectivity index (χ3v) is 3.51. The monoisotopic (exact) mass is 280 g/mol. The van der Waals surface area contributed by atoms with Gasteiger partial charge in [-0.15, -0.1) is 10.2 Å². The molecule has 2 aromatic heterocycles.